The van der Waals surface area contributed by atoms with E-state index in [4.69, 9.17) is 9.47 Å². The Hall–Kier alpha value is -3.38. The molecule has 6 nitrogen and oxygen atoms in total. The Morgan fingerprint density at radius 3 is 2.53 bits per heavy atom. The van der Waals surface area contributed by atoms with Crippen LogP contribution in [0.5, 0.6) is 11.5 Å². The van der Waals surface area contributed by atoms with Gasteiger partial charge < -0.3 is 14.4 Å². The molecule has 1 fully saturated rings. The number of carbonyl (C=O) groups excluding carboxylic acids is 1. The average Bonchev–Trinajstić information content (AvgIpc) is 3.37. The summed E-state index contributed by atoms with van der Waals surface area (Å²) < 4.78 is 11.6. The Labute approximate surface area is 227 Å². The van der Waals surface area contributed by atoms with Gasteiger partial charge >= 0.3 is 5.97 Å². The molecule has 2 aromatic carbocycles. The van der Waals surface area contributed by atoms with Crippen LogP contribution in [0.3, 0.4) is 0 Å². The summed E-state index contributed by atoms with van der Waals surface area (Å²) >= 11 is 0. The normalized spacial score (nSPS) is 15.8. The standard InChI is InChI=1S/C32H41N3O3/c1-7-34(26-17-19-35(22-26)30-29(12-9-18-33-30)31(36)37-23(2)3)21-24-10-8-11-28(20-24)38-27-15-13-25(14-16-27)32(4,5)6/h8-16,18,20,23,26H,7,17,19,21-22H2,1-6H3. The molecule has 2 heterocycles. The van der Waals surface area contributed by atoms with Crippen molar-refractivity contribution < 1.29 is 14.3 Å². The minimum Gasteiger partial charge on any atom is -0.459 e. The van der Waals surface area contributed by atoms with Crippen LogP contribution in [0.2, 0.25) is 0 Å². The van der Waals surface area contributed by atoms with Crippen molar-refractivity contribution >= 4 is 11.8 Å². The van der Waals surface area contributed by atoms with Gasteiger partial charge in [-0.25, -0.2) is 9.78 Å². The van der Waals surface area contributed by atoms with Crippen molar-refractivity contribution in [2.45, 2.75) is 72.1 Å². The minimum atomic E-state index is -0.316. The Kier molecular flexibility index (Phi) is 8.72. The summed E-state index contributed by atoms with van der Waals surface area (Å²) in [6, 6.07) is 20.7. The lowest BCUT2D eigenvalue weighted by Gasteiger charge is -2.28. The van der Waals surface area contributed by atoms with Gasteiger partial charge in [0.15, 0.2) is 0 Å². The number of nitrogens with zero attached hydrogens (tertiary/aromatic N) is 3. The van der Waals surface area contributed by atoms with Crippen LogP contribution in [0.25, 0.3) is 0 Å². The Balaban J connectivity index is 1.41. The predicted octanol–water partition coefficient (Wildman–Crippen LogP) is 6.84. The van der Waals surface area contributed by atoms with Gasteiger partial charge in [0.25, 0.3) is 0 Å². The first-order valence-electron chi connectivity index (χ1n) is 13.7. The number of hydrogen-bond acceptors (Lipinski definition) is 6. The van der Waals surface area contributed by atoms with E-state index in [0.29, 0.717) is 17.4 Å². The number of hydrogen-bond donors (Lipinski definition) is 0. The smallest absolute Gasteiger partial charge is 0.342 e. The monoisotopic (exact) mass is 515 g/mol. The lowest BCUT2D eigenvalue weighted by atomic mass is 9.87. The van der Waals surface area contributed by atoms with E-state index in [1.54, 1.807) is 18.3 Å². The zero-order chi connectivity index (χ0) is 27.3. The van der Waals surface area contributed by atoms with Gasteiger partial charge in [-0.05, 0) is 79.8 Å². The predicted molar refractivity (Wildman–Crippen MR) is 153 cm³/mol. The Morgan fingerprint density at radius 1 is 1.08 bits per heavy atom. The van der Waals surface area contributed by atoms with E-state index in [1.165, 1.54) is 11.1 Å². The molecule has 0 N–H and O–H groups in total. The number of esters is 1. The van der Waals surface area contributed by atoms with E-state index >= 15 is 0 Å². The first kappa shape index (κ1) is 27.6. The van der Waals surface area contributed by atoms with Crippen molar-refractivity contribution in [2.24, 2.45) is 0 Å². The van der Waals surface area contributed by atoms with E-state index in [9.17, 15) is 4.79 Å². The second-order valence-electron chi connectivity index (χ2n) is 11.3. The number of likely N-dealkylation sites (N-methyl/N-ethyl adjacent to an activating group) is 1. The van der Waals surface area contributed by atoms with Crippen molar-refractivity contribution in [3.63, 3.8) is 0 Å². The Bertz CT molecular complexity index is 1220. The summed E-state index contributed by atoms with van der Waals surface area (Å²) in [5.74, 6) is 2.08. The third-order valence-electron chi connectivity index (χ3n) is 6.97. The van der Waals surface area contributed by atoms with Gasteiger partial charge in [0.2, 0.25) is 0 Å². The molecule has 0 amide bonds. The number of ether oxygens (including phenoxy) is 2. The molecule has 0 saturated carbocycles. The van der Waals surface area contributed by atoms with E-state index in [-0.39, 0.29) is 17.5 Å². The number of benzene rings is 2. The fourth-order valence-electron chi connectivity index (χ4n) is 4.92. The van der Waals surface area contributed by atoms with Crippen LogP contribution < -0.4 is 9.64 Å². The van der Waals surface area contributed by atoms with Crippen molar-refractivity contribution in [2.75, 3.05) is 24.5 Å². The van der Waals surface area contributed by atoms with Crippen LogP contribution in [0, 0.1) is 0 Å². The summed E-state index contributed by atoms with van der Waals surface area (Å²) in [7, 11) is 0. The summed E-state index contributed by atoms with van der Waals surface area (Å²) in [4.78, 5) is 21.9. The molecular weight excluding hydrogens is 474 g/mol. The second kappa shape index (κ2) is 12.0. The van der Waals surface area contributed by atoms with Gasteiger partial charge in [-0.15, -0.1) is 0 Å². The van der Waals surface area contributed by atoms with E-state index in [1.807, 2.05) is 32.0 Å². The molecule has 0 spiro atoms. The summed E-state index contributed by atoms with van der Waals surface area (Å²) in [5, 5.41) is 0. The number of aromatic nitrogens is 1. The zero-order valence-electron chi connectivity index (χ0n) is 23.6. The highest BCUT2D eigenvalue weighted by atomic mass is 16.5. The maximum absolute atomic E-state index is 12.7. The zero-order valence-corrected chi connectivity index (χ0v) is 23.6. The van der Waals surface area contributed by atoms with Gasteiger partial charge in [0.1, 0.15) is 22.9 Å². The van der Waals surface area contributed by atoms with Gasteiger partial charge in [-0.2, -0.15) is 0 Å². The third-order valence-corrected chi connectivity index (χ3v) is 6.97. The van der Waals surface area contributed by atoms with Gasteiger partial charge in [0.05, 0.1) is 6.10 Å². The van der Waals surface area contributed by atoms with Crippen LogP contribution in [0.4, 0.5) is 5.82 Å². The first-order chi connectivity index (χ1) is 18.1. The molecule has 0 radical (unpaired) electrons. The molecule has 1 saturated heterocycles. The highest BCUT2D eigenvalue weighted by Gasteiger charge is 2.30. The molecule has 1 aromatic heterocycles. The topological polar surface area (TPSA) is 54.9 Å². The molecular formula is C32H41N3O3. The number of pyridine rings is 1. The SMILES string of the molecule is CCN(Cc1cccc(Oc2ccc(C(C)(C)C)cc2)c1)C1CCN(c2ncccc2C(=O)OC(C)C)C1. The number of anilines is 1. The molecule has 1 unspecified atom stereocenters. The maximum Gasteiger partial charge on any atom is 0.342 e. The quantitative estimate of drug-likeness (QED) is 0.291. The van der Waals surface area contributed by atoms with Crippen LogP contribution in [0.1, 0.15) is 69.4 Å². The van der Waals surface area contributed by atoms with Gasteiger partial charge in [0, 0.05) is 31.9 Å². The third kappa shape index (κ3) is 6.93. The summed E-state index contributed by atoms with van der Waals surface area (Å²) in [6.07, 6.45) is 2.59. The van der Waals surface area contributed by atoms with E-state index < -0.39 is 0 Å². The maximum atomic E-state index is 12.7. The first-order valence-corrected chi connectivity index (χ1v) is 13.7. The highest BCUT2D eigenvalue weighted by Crippen LogP contribution is 2.29. The van der Waals surface area contributed by atoms with Crippen LogP contribution in [-0.2, 0) is 16.7 Å². The fraction of sp³-hybridized carbons (Fsp3) is 0.438. The second-order valence-corrected chi connectivity index (χ2v) is 11.3. The molecule has 1 atom stereocenters. The minimum absolute atomic E-state index is 0.118. The molecule has 38 heavy (non-hydrogen) atoms. The van der Waals surface area contributed by atoms with Gasteiger partial charge in [-0.1, -0.05) is 52.0 Å². The van der Waals surface area contributed by atoms with Crippen LogP contribution in [-0.4, -0.2) is 47.6 Å². The molecule has 0 aliphatic carbocycles. The van der Waals surface area contributed by atoms with Crippen molar-refractivity contribution in [1.82, 2.24) is 9.88 Å². The van der Waals surface area contributed by atoms with E-state index in [2.05, 4.69) is 72.8 Å². The number of carbonyl (C=O) groups is 1. The largest absolute Gasteiger partial charge is 0.459 e. The molecule has 1 aliphatic rings. The fourth-order valence-corrected chi connectivity index (χ4v) is 4.92. The summed E-state index contributed by atoms with van der Waals surface area (Å²) in [5.41, 5.74) is 3.16. The van der Waals surface area contributed by atoms with Crippen LogP contribution in [0.15, 0.2) is 66.9 Å². The lowest BCUT2D eigenvalue weighted by molar-refractivity contribution is 0.0378. The number of rotatable bonds is 9. The van der Waals surface area contributed by atoms with Crippen molar-refractivity contribution in [1.29, 1.82) is 0 Å². The highest BCUT2D eigenvalue weighted by molar-refractivity contribution is 5.95. The lowest BCUT2D eigenvalue weighted by Crippen LogP contribution is -2.37. The van der Waals surface area contributed by atoms with Crippen molar-refractivity contribution in [3.8, 4) is 11.5 Å². The Morgan fingerprint density at radius 2 is 1.84 bits per heavy atom. The molecule has 3 aromatic rings. The molecule has 0 bridgehead atoms. The van der Waals surface area contributed by atoms with Crippen molar-refractivity contribution in [3.05, 3.63) is 83.6 Å². The average molecular weight is 516 g/mol. The molecule has 4 rings (SSSR count). The summed E-state index contributed by atoms with van der Waals surface area (Å²) in [6.45, 7) is 16.0. The van der Waals surface area contributed by atoms with Gasteiger partial charge in [-0.3, -0.25) is 4.90 Å². The van der Waals surface area contributed by atoms with E-state index in [0.717, 1.165) is 44.1 Å². The molecule has 6 heteroatoms. The molecule has 1 aliphatic heterocycles. The molecule has 202 valence electrons. The van der Waals surface area contributed by atoms with Crippen LogP contribution >= 0.6 is 0 Å².